The Hall–Kier alpha value is -3.63. The summed E-state index contributed by atoms with van der Waals surface area (Å²) in [6.07, 6.45) is 2.99. The third-order valence-corrected chi connectivity index (χ3v) is 4.66. The average Bonchev–Trinajstić information content (AvgIpc) is 3.40. The van der Waals surface area contributed by atoms with Crippen molar-refractivity contribution in [1.82, 2.24) is 34.9 Å². The largest absolute Gasteiger partial charge is 0.357 e. The van der Waals surface area contributed by atoms with Crippen molar-refractivity contribution in [1.29, 1.82) is 0 Å². The molecule has 1 unspecified atom stereocenters. The summed E-state index contributed by atoms with van der Waals surface area (Å²) in [7, 11) is 1.71. The van der Waals surface area contributed by atoms with E-state index < -0.39 is 6.55 Å². The zero-order valence-corrected chi connectivity index (χ0v) is 16.6. The van der Waals surface area contributed by atoms with Gasteiger partial charge in [0.2, 0.25) is 11.9 Å². The lowest BCUT2D eigenvalue weighted by Gasteiger charge is -2.21. The van der Waals surface area contributed by atoms with Gasteiger partial charge in [0.25, 0.3) is 0 Å². The molecule has 3 aromatic heterocycles. The smallest absolute Gasteiger partial charge is 0.333 e. The minimum Gasteiger partial charge on any atom is -0.357 e. The van der Waals surface area contributed by atoms with Crippen LogP contribution in [0.2, 0.25) is 0 Å². The summed E-state index contributed by atoms with van der Waals surface area (Å²) in [6, 6.07) is 6.94. The summed E-state index contributed by atoms with van der Waals surface area (Å²) in [4.78, 5) is 13.4. The number of alkyl halides is 2. The lowest BCUT2D eigenvalue weighted by Crippen LogP contribution is -2.20. The van der Waals surface area contributed by atoms with Gasteiger partial charge in [0, 0.05) is 24.2 Å². The van der Waals surface area contributed by atoms with Crippen molar-refractivity contribution in [2.24, 2.45) is 5.92 Å². The molecule has 9 nitrogen and oxygen atoms in total. The quantitative estimate of drug-likeness (QED) is 0.422. The number of aromatic nitrogens is 7. The van der Waals surface area contributed by atoms with Crippen LogP contribution in [0.3, 0.4) is 0 Å². The van der Waals surface area contributed by atoms with Crippen LogP contribution in [0, 0.1) is 5.92 Å². The minimum atomic E-state index is -2.69. The van der Waals surface area contributed by atoms with E-state index in [9.17, 15) is 8.78 Å². The molecule has 4 aromatic rings. The molecular weight excluding hydrogens is 392 g/mol. The van der Waals surface area contributed by atoms with E-state index >= 15 is 0 Å². The lowest BCUT2D eigenvalue weighted by molar-refractivity contribution is 0.0559. The van der Waals surface area contributed by atoms with Crippen LogP contribution in [-0.4, -0.2) is 42.0 Å². The maximum absolute atomic E-state index is 12.9. The number of aromatic amines is 1. The van der Waals surface area contributed by atoms with Gasteiger partial charge in [-0.05, 0) is 30.2 Å². The van der Waals surface area contributed by atoms with Gasteiger partial charge in [-0.25, -0.2) is 4.68 Å². The highest BCUT2D eigenvalue weighted by Crippen LogP contribution is 2.27. The highest BCUT2D eigenvalue weighted by molar-refractivity contribution is 5.82. The Morgan fingerprint density at radius 3 is 2.57 bits per heavy atom. The second kappa shape index (κ2) is 8.01. The molecule has 4 rings (SSSR count). The zero-order valence-electron chi connectivity index (χ0n) is 16.6. The Kier molecular flexibility index (Phi) is 5.25. The molecule has 1 atom stereocenters. The minimum absolute atomic E-state index is 0.0477. The van der Waals surface area contributed by atoms with E-state index in [-0.39, 0.29) is 12.0 Å². The Bertz CT molecular complexity index is 1150. The standard InChI is InChI=1S/C19H21F2N9/c1-10(2)15(14-6-7-30(29-14)17(20)21)24-19-26-16(25-18(22-3)27-19)11-4-5-13-12(8-11)9-23-28-13/h4-10,15,17H,1-3H3,(H,23,28)(H2,22,24,25,26,27). The van der Waals surface area contributed by atoms with Crippen LogP contribution >= 0.6 is 0 Å². The van der Waals surface area contributed by atoms with Crippen molar-refractivity contribution in [3.05, 3.63) is 42.4 Å². The number of fused-ring (bicyclic) bond motifs is 1. The first kappa shape index (κ1) is 19.7. The number of hydrogen-bond donors (Lipinski definition) is 3. The number of nitrogens with one attached hydrogen (secondary N) is 3. The van der Waals surface area contributed by atoms with E-state index in [1.807, 2.05) is 32.0 Å². The van der Waals surface area contributed by atoms with Gasteiger partial charge in [0.15, 0.2) is 5.82 Å². The lowest BCUT2D eigenvalue weighted by atomic mass is 10.0. The van der Waals surface area contributed by atoms with Crippen LogP contribution in [-0.2, 0) is 0 Å². The molecule has 0 amide bonds. The Morgan fingerprint density at radius 2 is 1.87 bits per heavy atom. The fourth-order valence-corrected chi connectivity index (χ4v) is 3.11. The van der Waals surface area contributed by atoms with E-state index in [1.165, 1.54) is 6.20 Å². The molecule has 11 heteroatoms. The number of nitrogens with zero attached hydrogens (tertiary/aromatic N) is 6. The SMILES string of the molecule is CNc1nc(NC(c2ccn(C(F)F)n2)C(C)C)nc(-c2ccc3[nH]ncc3c2)n1. The number of benzene rings is 1. The monoisotopic (exact) mass is 413 g/mol. The predicted octanol–water partition coefficient (Wildman–Crippen LogP) is 3.86. The number of anilines is 2. The van der Waals surface area contributed by atoms with Gasteiger partial charge < -0.3 is 10.6 Å². The third kappa shape index (κ3) is 3.91. The van der Waals surface area contributed by atoms with Gasteiger partial charge in [0.05, 0.1) is 23.4 Å². The van der Waals surface area contributed by atoms with Crippen LogP contribution in [0.4, 0.5) is 20.7 Å². The van der Waals surface area contributed by atoms with E-state index in [0.717, 1.165) is 16.5 Å². The Morgan fingerprint density at radius 1 is 1.07 bits per heavy atom. The normalized spacial score (nSPS) is 12.6. The molecule has 156 valence electrons. The molecule has 0 bridgehead atoms. The molecule has 1 aromatic carbocycles. The third-order valence-electron chi connectivity index (χ3n) is 4.66. The van der Waals surface area contributed by atoms with E-state index in [1.54, 1.807) is 19.3 Å². The van der Waals surface area contributed by atoms with Crippen LogP contribution < -0.4 is 10.6 Å². The first-order valence-corrected chi connectivity index (χ1v) is 9.41. The van der Waals surface area contributed by atoms with Crippen molar-refractivity contribution in [2.75, 3.05) is 17.7 Å². The van der Waals surface area contributed by atoms with Gasteiger partial charge in [-0.3, -0.25) is 5.10 Å². The molecule has 0 saturated carbocycles. The molecule has 0 aliphatic rings. The van der Waals surface area contributed by atoms with Crippen LogP contribution in [0.15, 0.2) is 36.7 Å². The second-order valence-electron chi connectivity index (χ2n) is 7.09. The number of hydrogen-bond acceptors (Lipinski definition) is 7. The summed E-state index contributed by atoms with van der Waals surface area (Å²) in [5.74, 6) is 1.23. The Labute approximate surface area is 171 Å². The molecule has 3 N–H and O–H groups in total. The van der Waals surface area contributed by atoms with E-state index in [2.05, 4.69) is 40.9 Å². The molecule has 0 spiro atoms. The molecule has 0 saturated heterocycles. The van der Waals surface area contributed by atoms with E-state index in [4.69, 9.17) is 0 Å². The first-order valence-electron chi connectivity index (χ1n) is 9.41. The number of rotatable bonds is 7. The van der Waals surface area contributed by atoms with Crippen molar-refractivity contribution in [3.8, 4) is 11.4 Å². The van der Waals surface area contributed by atoms with Crippen LogP contribution in [0.25, 0.3) is 22.3 Å². The molecule has 30 heavy (non-hydrogen) atoms. The van der Waals surface area contributed by atoms with Gasteiger partial charge in [0.1, 0.15) is 0 Å². The summed E-state index contributed by atoms with van der Waals surface area (Å²) in [5, 5.41) is 18.0. The van der Waals surface area contributed by atoms with Crippen LogP contribution in [0.5, 0.6) is 0 Å². The first-order chi connectivity index (χ1) is 14.4. The van der Waals surface area contributed by atoms with Crippen molar-refractivity contribution in [2.45, 2.75) is 26.4 Å². The maximum Gasteiger partial charge on any atom is 0.333 e. The molecule has 0 aliphatic carbocycles. The van der Waals surface area contributed by atoms with Gasteiger partial charge in [-0.1, -0.05) is 13.8 Å². The Balaban J connectivity index is 1.69. The fourth-order valence-electron chi connectivity index (χ4n) is 3.11. The average molecular weight is 413 g/mol. The van der Waals surface area contributed by atoms with Gasteiger partial charge in [-0.2, -0.15) is 33.9 Å². The summed E-state index contributed by atoms with van der Waals surface area (Å²) >= 11 is 0. The van der Waals surface area contributed by atoms with Crippen LogP contribution in [0.1, 0.15) is 32.1 Å². The molecule has 0 fully saturated rings. The second-order valence-corrected chi connectivity index (χ2v) is 7.09. The van der Waals surface area contributed by atoms with Crippen molar-refractivity contribution >= 4 is 22.8 Å². The van der Waals surface area contributed by atoms with Crippen molar-refractivity contribution in [3.63, 3.8) is 0 Å². The van der Waals surface area contributed by atoms with E-state index in [0.29, 0.717) is 28.1 Å². The summed E-state index contributed by atoms with van der Waals surface area (Å²) < 4.78 is 26.5. The molecule has 3 heterocycles. The highest BCUT2D eigenvalue weighted by atomic mass is 19.3. The summed E-state index contributed by atoms with van der Waals surface area (Å²) in [5.41, 5.74) is 2.20. The van der Waals surface area contributed by atoms with Gasteiger partial charge >= 0.3 is 6.55 Å². The predicted molar refractivity (Wildman–Crippen MR) is 109 cm³/mol. The molecule has 0 aliphatic heterocycles. The maximum atomic E-state index is 12.9. The highest BCUT2D eigenvalue weighted by Gasteiger charge is 2.22. The fraction of sp³-hybridized carbons (Fsp3) is 0.316. The number of H-pyrrole nitrogens is 1. The number of halogens is 2. The molecular formula is C19H21F2N9. The zero-order chi connectivity index (χ0) is 21.3. The summed E-state index contributed by atoms with van der Waals surface area (Å²) in [6.45, 7) is 1.24. The topological polar surface area (TPSA) is 109 Å². The van der Waals surface area contributed by atoms with Gasteiger partial charge in [-0.15, -0.1) is 0 Å². The van der Waals surface area contributed by atoms with Crippen molar-refractivity contribution < 1.29 is 8.78 Å². The molecule has 0 radical (unpaired) electrons.